The van der Waals surface area contributed by atoms with E-state index in [1.165, 1.54) is 38.5 Å². The van der Waals surface area contributed by atoms with Crippen molar-refractivity contribution in [3.05, 3.63) is 12.7 Å². The summed E-state index contributed by atoms with van der Waals surface area (Å²) in [7, 11) is 3.11. The number of rotatable bonds is 34. The van der Waals surface area contributed by atoms with Gasteiger partial charge in [0.05, 0.1) is 0 Å². The van der Waals surface area contributed by atoms with E-state index in [-0.39, 0.29) is 106 Å². The van der Waals surface area contributed by atoms with Gasteiger partial charge in [-0.1, -0.05) is 147 Å². The molecular formula is C49H93KN3O11PS. The molecule has 0 rings (SSSR count). The summed E-state index contributed by atoms with van der Waals surface area (Å²) in [6.07, 6.45) is 14.0. The molecule has 3 unspecified atom stereocenters. The van der Waals surface area contributed by atoms with Crippen LogP contribution in [-0.4, -0.2) is 85.7 Å². The zero-order valence-electron chi connectivity index (χ0n) is 43.7. The summed E-state index contributed by atoms with van der Waals surface area (Å²) >= 11 is 3.78. The quantitative estimate of drug-likeness (QED) is 0.0126. The van der Waals surface area contributed by atoms with Crippen LogP contribution >= 0.6 is 8.02 Å². The van der Waals surface area contributed by atoms with E-state index in [1.54, 1.807) is 6.92 Å². The van der Waals surface area contributed by atoms with E-state index in [1.807, 2.05) is 41.5 Å². The molecule has 0 fully saturated rings. The molecule has 0 aromatic rings. The SMILES string of the molecule is C=CC(=O)O.CC(C)CCCCC(CC(CC(C[C@@H](C)OC=O)OC=O)OC=O)NC(=O)C(C)C.CC(C)CCCCCNC(=O)C(C)C.CC(C)CCCCCNC(=O)C(C)C.[K+].[P-]=S. The molecule has 3 amide bonds. The topological polar surface area (TPSA) is 204 Å². The van der Waals surface area contributed by atoms with Crippen molar-refractivity contribution in [1.29, 1.82) is 0 Å². The third-order valence-corrected chi connectivity index (χ3v) is 9.65. The monoisotopic (exact) mass is 1000 g/mol. The van der Waals surface area contributed by atoms with Crippen molar-refractivity contribution < 1.29 is 104 Å². The van der Waals surface area contributed by atoms with Gasteiger partial charge in [0.25, 0.3) is 19.4 Å². The van der Waals surface area contributed by atoms with E-state index in [2.05, 4.69) is 83.9 Å². The van der Waals surface area contributed by atoms with Gasteiger partial charge in [-0.15, -0.1) is 0 Å². The molecule has 0 aliphatic carbocycles. The Balaban J connectivity index is -0.000000208. The number of carboxylic acid groups (broad SMARTS) is 1. The van der Waals surface area contributed by atoms with Crippen LogP contribution in [0.25, 0.3) is 0 Å². The van der Waals surface area contributed by atoms with Crippen molar-refractivity contribution in [2.45, 2.75) is 211 Å². The first-order chi connectivity index (χ1) is 30.6. The summed E-state index contributed by atoms with van der Waals surface area (Å²) in [6, 6.07) is -0.155. The number of amides is 3. The van der Waals surface area contributed by atoms with Gasteiger partial charge in [0, 0.05) is 62.2 Å². The minimum atomic E-state index is -0.981. The van der Waals surface area contributed by atoms with Crippen molar-refractivity contribution in [1.82, 2.24) is 16.0 Å². The van der Waals surface area contributed by atoms with Crippen LogP contribution in [-0.2, 0) is 59.6 Å². The molecule has 0 bridgehead atoms. The van der Waals surface area contributed by atoms with Crippen LogP contribution in [0.2, 0.25) is 0 Å². The van der Waals surface area contributed by atoms with Crippen LogP contribution in [0.4, 0.5) is 0 Å². The molecule has 66 heavy (non-hydrogen) atoms. The molecule has 0 aromatic carbocycles. The van der Waals surface area contributed by atoms with E-state index >= 15 is 0 Å². The zero-order chi connectivity index (χ0) is 51.2. The van der Waals surface area contributed by atoms with E-state index in [9.17, 15) is 33.6 Å². The maximum absolute atomic E-state index is 12.2. The van der Waals surface area contributed by atoms with E-state index in [0.29, 0.717) is 31.8 Å². The van der Waals surface area contributed by atoms with Crippen LogP contribution < -0.4 is 67.3 Å². The molecule has 0 saturated heterocycles. The number of hydrogen-bond acceptors (Lipinski definition) is 11. The van der Waals surface area contributed by atoms with Gasteiger partial charge >= 0.3 is 57.4 Å². The average molecular weight is 1000 g/mol. The third-order valence-electron chi connectivity index (χ3n) is 9.65. The Morgan fingerprint density at radius 3 is 1.18 bits per heavy atom. The minimum Gasteiger partial charge on any atom is -0.645 e. The average Bonchev–Trinajstić information content (AvgIpc) is 3.22. The summed E-state index contributed by atoms with van der Waals surface area (Å²) in [5, 5.41) is 16.5. The predicted octanol–water partition coefficient (Wildman–Crippen LogP) is 7.23. The van der Waals surface area contributed by atoms with E-state index < -0.39 is 24.3 Å². The zero-order valence-corrected chi connectivity index (χ0v) is 48.5. The maximum atomic E-state index is 12.2. The van der Waals surface area contributed by atoms with Crippen LogP contribution in [0.15, 0.2) is 12.7 Å². The second-order valence-electron chi connectivity index (χ2n) is 18.4. The van der Waals surface area contributed by atoms with Gasteiger partial charge in [-0.25, -0.2) is 4.79 Å². The van der Waals surface area contributed by atoms with Gasteiger partial charge in [0.1, 0.15) is 18.3 Å². The van der Waals surface area contributed by atoms with Crippen molar-refractivity contribution in [3.63, 3.8) is 0 Å². The van der Waals surface area contributed by atoms with E-state index in [4.69, 9.17) is 19.3 Å². The number of ether oxygens (including phenoxy) is 3. The largest absolute Gasteiger partial charge is 1.00 e. The molecule has 0 aliphatic rings. The fourth-order valence-electron chi connectivity index (χ4n) is 5.80. The van der Waals surface area contributed by atoms with Gasteiger partial charge in [0.15, 0.2) is 0 Å². The third kappa shape index (κ3) is 60.2. The summed E-state index contributed by atoms with van der Waals surface area (Å²) < 4.78 is 15.2. The Labute approximate surface area is 451 Å². The Morgan fingerprint density at radius 1 is 0.530 bits per heavy atom. The standard InChI is InChI=1S/C22H39NO7.2C12H25NO.C3H4O2.K.PS/c1-16(2)8-6-7-9-19(23-22(27)17(3)4)11-21(30-15-26)12-20(29-14-25)10-18(5)28-13-24;2*1-10(2)8-6-5-7-9-13-12(14)11(3)4;1-2-3(4)5;;1-2/h13-21H,6-12H2,1-5H3,(H,23,27);2*10-11H,5-9H2,1-4H3,(H,13,14);2H,1H2,(H,4,5);;/q;;;;+1;-1/t18-,19?,20?,21?;;;;;/m1...../s1. The number of carbonyl (C=O) groups is 7. The second kappa shape index (κ2) is 54.1. The van der Waals surface area contributed by atoms with E-state index in [0.717, 1.165) is 69.5 Å². The van der Waals surface area contributed by atoms with Crippen LogP contribution in [0.1, 0.15) is 186 Å². The summed E-state index contributed by atoms with van der Waals surface area (Å²) in [4.78, 5) is 76.2. The van der Waals surface area contributed by atoms with Crippen molar-refractivity contribution in [3.8, 4) is 0 Å². The first-order valence-electron chi connectivity index (χ1n) is 23.7. The number of aliphatic carboxylic acids is 1. The van der Waals surface area contributed by atoms with Crippen LogP contribution in [0, 0.1) is 35.5 Å². The second-order valence-corrected chi connectivity index (χ2v) is 18.4. The normalized spacial score (nSPS) is 12.0. The molecule has 17 heteroatoms. The molecule has 14 nitrogen and oxygen atoms in total. The molecule has 0 spiro atoms. The first-order valence-corrected chi connectivity index (χ1v) is 25.2. The fraction of sp³-hybridized carbons (Fsp3) is 0.816. The van der Waals surface area contributed by atoms with Gasteiger partial charge in [-0.3, -0.25) is 28.8 Å². The predicted molar refractivity (Wildman–Crippen MR) is 267 cm³/mol. The van der Waals surface area contributed by atoms with Gasteiger partial charge in [-0.2, -0.15) is 0 Å². The molecular weight excluding hydrogens is 909 g/mol. The fourth-order valence-corrected chi connectivity index (χ4v) is 5.80. The summed E-state index contributed by atoms with van der Waals surface area (Å²) in [5.41, 5.74) is 0. The molecule has 382 valence electrons. The van der Waals surface area contributed by atoms with Crippen molar-refractivity contribution in [2.24, 2.45) is 35.5 Å². The summed E-state index contributed by atoms with van der Waals surface area (Å²) in [5.74, 6) is 1.63. The van der Waals surface area contributed by atoms with Gasteiger partial charge < -0.3 is 55.1 Å². The van der Waals surface area contributed by atoms with Crippen LogP contribution in [0.3, 0.4) is 0 Å². The number of hydrogen-bond donors (Lipinski definition) is 4. The molecule has 0 radical (unpaired) electrons. The molecule has 4 N–H and O–H groups in total. The Bertz CT molecular complexity index is 1180. The van der Waals surface area contributed by atoms with Gasteiger partial charge in [-0.05, 0) is 43.9 Å². The Kier molecular flexibility index (Phi) is 62.1. The van der Waals surface area contributed by atoms with Crippen LogP contribution in [0.5, 0.6) is 0 Å². The molecule has 4 atom stereocenters. The molecule has 0 heterocycles. The number of unbranched alkanes of at least 4 members (excludes halogenated alkanes) is 5. The number of nitrogens with one attached hydrogen (secondary N) is 3. The smallest absolute Gasteiger partial charge is 0.645 e. The van der Waals surface area contributed by atoms with Gasteiger partial charge in [0.2, 0.25) is 17.7 Å². The molecule has 0 saturated carbocycles. The Morgan fingerprint density at radius 2 is 0.864 bits per heavy atom. The number of carboxylic acids is 1. The molecule has 0 aromatic heterocycles. The minimum absolute atomic E-state index is 0. The maximum Gasteiger partial charge on any atom is 1.00 e. The number of carbonyl (C=O) groups excluding carboxylic acids is 6. The van der Waals surface area contributed by atoms with Crippen molar-refractivity contribution >= 4 is 62.9 Å². The first kappa shape index (κ1) is 75.7. The molecule has 0 aliphatic heterocycles. The summed E-state index contributed by atoms with van der Waals surface area (Å²) in [6.45, 7) is 32.1. The Hall–Kier alpha value is -1.81. The van der Waals surface area contributed by atoms with Crippen molar-refractivity contribution in [2.75, 3.05) is 13.1 Å².